The molecule has 1 N–H and O–H groups in total. The van der Waals surface area contributed by atoms with Crippen molar-refractivity contribution >= 4 is 38.6 Å². The normalized spacial score (nSPS) is 28.1. The van der Waals surface area contributed by atoms with Gasteiger partial charge in [-0.05, 0) is 31.4 Å². The molecule has 3 unspecified atom stereocenters. The van der Waals surface area contributed by atoms with E-state index in [1.807, 2.05) is 14.8 Å². The molecule has 0 saturated carbocycles. The molecule has 1 aliphatic heterocycles. The number of hydrogen-bond acceptors (Lipinski definition) is 8. The van der Waals surface area contributed by atoms with Crippen molar-refractivity contribution in [2.75, 3.05) is 40.0 Å². The molecule has 1 saturated heterocycles. The number of nitrogens with zero attached hydrogens (tertiary/aromatic N) is 2. The van der Waals surface area contributed by atoms with Gasteiger partial charge < -0.3 is 46.4 Å². The van der Waals surface area contributed by atoms with Crippen molar-refractivity contribution in [1.29, 1.82) is 0 Å². The predicted octanol–water partition coefficient (Wildman–Crippen LogP) is 3.46. The molecule has 0 aromatic heterocycles. The third-order valence-corrected chi connectivity index (χ3v) is 12.9. The highest BCUT2D eigenvalue weighted by atomic mass is 31.2. The van der Waals surface area contributed by atoms with Gasteiger partial charge in [-0.3, -0.25) is 0 Å². The van der Waals surface area contributed by atoms with Gasteiger partial charge in [0, 0.05) is 7.11 Å². The van der Waals surface area contributed by atoms with Crippen LogP contribution in [0.4, 0.5) is 0 Å². The second-order valence-electron chi connectivity index (χ2n) is 9.74. The second kappa shape index (κ2) is 13.3. The minimum atomic E-state index is -3.06. The fraction of sp³-hybridized carbons (Fsp3) is 0.850. The predicted molar refractivity (Wildman–Crippen MR) is 140 cm³/mol. The van der Waals surface area contributed by atoms with Crippen molar-refractivity contribution in [2.45, 2.75) is 69.6 Å². The molecule has 1 heterocycles. The molecule has 10 nitrogen and oxygen atoms in total. The summed E-state index contributed by atoms with van der Waals surface area (Å²) >= 11 is 0. The molecule has 194 valence electrons. The van der Waals surface area contributed by atoms with Crippen LogP contribution in [-0.4, -0.2) is 91.2 Å². The zero-order valence-electron chi connectivity index (χ0n) is 21.6. The highest BCUT2D eigenvalue weighted by Gasteiger charge is 2.56. The Labute approximate surface area is 207 Å². The summed E-state index contributed by atoms with van der Waals surface area (Å²) in [6.07, 6.45) is 2.88. The zero-order chi connectivity index (χ0) is 26.2. The number of hydrogen-bond donors (Lipinski definition) is 1. The first-order valence-corrected chi connectivity index (χ1v) is 16.8. The maximum Gasteiger partial charge on any atom is 0.330 e. The summed E-state index contributed by atoms with van der Waals surface area (Å²) in [5, 5.41) is -0.0486. The molecular weight excluding hydrogens is 497 g/mol. The van der Waals surface area contributed by atoms with E-state index in [-0.39, 0.29) is 44.0 Å². The smallest absolute Gasteiger partial charge is 0.330 e. The molecule has 0 aliphatic carbocycles. The lowest BCUT2D eigenvalue weighted by Gasteiger charge is -2.42. The number of rotatable bonds is 14. The maximum absolute atomic E-state index is 10.1. The molecule has 0 aromatic carbocycles. The van der Waals surface area contributed by atoms with Crippen LogP contribution >= 0.6 is 16.2 Å². The van der Waals surface area contributed by atoms with Gasteiger partial charge in [-0.25, -0.2) is 13.1 Å². The summed E-state index contributed by atoms with van der Waals surface area (Å²) in [6.45, 7) is 26.8. The fourth-order valence-electron chi connectivity index (χ4n) is 3.02. The first-order valence-electron chi connectivity index (χ1n) is 11.0. The van der Waals surface area contributed by atoms with Crippen LogP contribution in [-0.2, 0) is 31.8 Å². The van der Waals surface area contributed by atoms with E-state index in [1.54, 1.807) is 0 Å². The Balaban J connectivity index is 3.19. The monoisotopic (exact) mass is 536 g/mol. The van der Waals surface area contributed by atoms with Crippen molar-refractivity contribution in [3.63, 3.8) is 0 Å². The van der Waals surface area contributed by atoms with E-state index in [0.717, 1.165) is 0 Å². The van der Waals surface area contributed by atoms with Crippen LogP contribution in [0.2, 0.25) is 18.1 Å². The van der Waals surface area contributed by atoms with E-state index in [9.17, 15) is 4.89 Å². The van der Waals surface area contributed by atoms with Crippen LogP contribution in [0.25, 0.3) is 9.69 Å². The van der Waals surface area contributed by atoms with Crippen LogP contribution < -0.4 is 0 Å². The average molecular weight is 536 g/mol. The van der Waals surface area contributed by atoms with Crippen molar-refractivity contribution in [1.82, 2.24) is 0 Å². The molecule has 0 bridgehead atoms. The molecule has 0 spiro atoms. The summed E-state index contributed by atoms with van der Waals surface area (Å²) in [7, 11) is -4.13. The van der Waals surface area contributed by atoms with Crippen LogP contribution in [0.3, 0.4) is 0 Å². The van der Waals surface area contributed by atoms with Gasteiger partial charge in [0.1, 0.15) is 32.8 Å². The van der Waals surface area contributed by atoms with Gasteiger partial charge in [-0.15, -0.1) is 0 Å². The topological polar surface area (TPSA) is 93.6 Å². The van der Waals surface area contributed by atoms with Gasteiger partial charge in [0.05, 0.1) is 18.7 Å². The second-order valence-corrected chi connectivity index (χ2v) is 17.5. The molecule has 1 fully saturated rings. The molecule has 0 radical (unpaired) electrons. The third kappa shape index (κ3) is 8.96. The van der Waals surface area contributed by atoms with Crippen LogP contribution in [0, 0.1) is 13.1 Å². The van der Waals surface area contributed by atoms with Crippen molar-refractivity contribution in [3.05, 3.63) is 22.8 Å². The first-order chi connectivity index (χ1) is 15.6. The Hall–Kier alpha value is -0.328. The van der Waals surface area contributed by atoms with Crippen molar-refractivity contribution in [3.8, 4) is 0 Å². The zero-order valence-corrected chi connectivity index (χ0v) is 24.4. The molecule has 1 aliphatic rings. The van der Waals surface area contributed by atoms with Crippen molar-refractivity contribution in [2.24, 2.45) is 0 Å². The van der Waals surface area contributed by atoms with E-state index in [4.69, 9.17) is 44.9 Å². The van der Waals surface area contributed by atoms with E-state index in [0.29, 0.717) is 0 Å². The molecule has 6 atom stereocenters. The molecule has 1 rings (SSSR count). The summed E-state index contributed by atoms with van der Waals surface area (Å²) in [5.74, 6) is 0. The summed E-state index contributed by atoms with van der Waals surface area (Å²) in [4.78, 5) is 16.6. The van der Waals surface area contributed by atoms with Gasteiger partial charge >= 0.3 is 8.60 Å². The SMILES string of the molecule is B[C@@H]1O[C@](C)(COP(O)OCC[N+]#[C-])[C@H](OP(=C)(OC)OCC[N+]#[C-])C1O[Si](C)(C)C(C)(C)C. The standard InChI is InChI=1S/C20H39BN2O8P2Si/c1-19(2,3)34(9,10)31-16-17(30-33(8,25-7)28-14-12-23-6)20(4,29-18(16)21)15-27-32(24)26-13-11-22-5/h16-18,24H,8,11-15,21H2,1-4,7,9-10H3/t16?,17-,18-,20-,32?,33?/m1/s1. The van der Waals surface area contributed by atoms with E-state index < -0.39 is 42.3 Å². The Morgan fingerprint density at radius 2 is 1.79 bits per heavy atom. The van der Waals surface area contributed by atoms with Gasteiger partial charge in [0.2, 0.25) is 13.1 Å². The van der Waals surface area contributed by atoms with Gasteiger partial charge in [0.25, 0.3) is 7.57 Å². The molecule has 14 heteroatoms. The largest absolute Gasteiger partial charge is 0.409 e. The molecule has 0 amide bonds. The fourth-order valence-corrected chi connectivity index (χ4v) is 6.35. The minimum Gasteiger partial charge on any atom is -0.409 e. The Morgan fingerprint density at radius 3 is 2.32 bits per heavy atom. The highest BCUT2D eigenvalue weighted by molar-refractivity contribution is 7.59. The molecule has 34 heavy (non-hydrogen) atoms. The average Bonchev–Trinajstić information content (AvgIpc) is 2.95. The van der Waals surface area contributed by atoms with Gasteiger partial charge in [0.15, 0.2) is 8.32 Å². The van der Waals surface area contributed by atoms with Crippen LogP contribution in [0.15, 0.2) is 0 Å². The van der Waals surface area contributed by atoms with Crippen LogP contribution in [0.5, 0.6) is 0 Å². The molecular formula is C20H39BN2O8P2Si. The summed E-state index contributed by atoms with van der Waals surface area (Å²) < 4.78 is 41.4. The van der Waals surface area contributed by atoms with E-state index >= 15 is 0 Å². The lowest BCUT2D eigenvalue weighted by molar-refractivity contribution is -0.0789. The summed E-state index contributed by atoms with van der Waals surface area (Å²) in [6, 6.07) is -0.353. The lowest BCUT2D eigenvalue weighted by atomic mass is 9.90. The molecule has 0 aromatic rings. The Kier molecular flexibility index (Phi) is 12.4. The van der Waals surface area contributed by atoms with Crippen LogP contribution in [0.1, 0.15) is 27.7 Å². The van der Waals surface area contributed by atoms with Crippen molar-refractivity contribution < 1.29 is 36.7 Å². The highest BCUT2D eigenvalue weighted by Crippen LogP contribution is 2.54. The lowest BCUT2D eigenvalue weighted by Crippen LogP contribution is -2.52. The summed E-state index contributed by atoms with van der Waals surface area (Å²) in [5.41, 5.74) is -1.04. The Bertz CT molecular complexity index is 788. The van der Waals surface area contributed by atoms with Gasteiger partial charge in [-0.2, -0.15) is 0 Å². The van der Waals surface area contributed by atoms with E-state index in [1.165, 1.54) is 7.11 Å². The third-order valence-electron chi connectivity index (χ3n) is 5.96. The maximum atomic E-state index is 10.1. The quantitative estimate of drug-likeness (QED) is 0.156. The minimum absolute atomic E-state index is 0.0486. The van der Waals surface area contributed by atoms with Gasteiger partial charge in [-0.1, -0.05) is 20.8 Å². The first kappa shape index (κ1) is 31.7. The Morgan fingerprint density at radius 1 is 1.21 bits per heavy atom. The number of ether oxygens (including phenoxy) is 1. The van der Waals surface area contributed by atoms with E-state index in [2.05, 4.69) is 49.9 Å².